The minimum atomic E-state index is 0.497. The van der Waals surface area contributed by atoms with E-state index in [-0.39, 0.29) is 0 Å². The van der Waals surface area contributed by atoms with Crippen LogP contribution in [0.5, 0.6) is 0 Å². The van der Waals surface area contributed by atoms with Crippen molar-refractivity contribution in [3.05, 3.63) is 37.1 Å². The molecule has 15 heavy (non-hydrogen) atoms. The largest absolute Gasteiger partial charge is 0.418 e. The van der Waals surface area contributed by atoms with Gasteiger partial charge >= 0.3 is 0 Å². The van der Waals surface area contributed by atoms with E-state index in [4.69, 9.17) is 4.42 Å². The van der Waals surface area contributed by atoms with Crippen LogP contribution in [-0.4, -0.2) is 19.9 Å². The van der Waals surface area contributed by atoms with Crippen molar-refractivity contribution in [2.75, 3.05) is 0 Å². The van der Waals surface area contributed by atoms with Crippen LogP contribution >= 0.6 is 0 Å². The maximum Gasteiger partial charge on any atom is 0.250 e. The molecule has 0 radical (unpaired) electrons. The van der Waals surface area contributed by atoms with Crippen molar-refractivity contribution >= 4 is 11.2 Å². The quantitative estimate of drug-likeness (QED) is 0.595. The third kappa shape index (κ3) is 1.34. The first-order valence-corrected chi connectivity index (χ1v) is 4.40. The molecule has 3 aromatic heterocycles. The monoisotopic (exact) mass is 198 g/mol. The van der Waals surface area contributed by atoms with Gasteiger partial charge in [-0.3, -0.25) is 4.98 Å². The zero-order valence-electron chi connectivity index (χ0n) is 7.66. The van der Waals surface area contributed by atoms with Gasteiger partial charge in [0.25, 0.3) is 0 Å². The first kappa shape index (κ1) is 8.05. The number of aromatic nitrogens is 4. The number of rotatable bonds is 1. The fourth-order valence-corrected chi connectivity index (χ4v) is 1.31. The molecule has 0 N–H and O–H groups in total. The van der Waals surface area contributed by atoms with E-state index in [9.17, 15) is 0 Å². The Labute approximate surface area is 84.8 Å². The summed E-state index contributed by atoms with van der Waals surface area (Å²) >= 11 is 0. The molecule has 72 valence electrons. The lowest BCUT2D eigenvalue weighted by molar-refractivity contribution is 0.607. The smallest absolute Gasteiger partial charge is 0.250 e. The summed E-state index contributed by atoms with van der Waals surface area (Å²) in [4.78, 5) is 16.0. The molecule has 0 aliphatic rings. The zero-order valence-corrected chi connectivity index (χ0v) is 7.66. The lowest BCUT2D eigenvalue weighted by atomic mass is 10.3. The van der Waals surface area contributed by atoms with Crippen LogP contribution in [0.1, 0.15) is 0 Å². The van der Waals surface area contributed by atoms with Crippen molar-refractivity contribution in [2.24, 2.45) is 0 Å². The summed E-state index contributed by atoms with van der Waals surface area (Å²) in [6, 6.07) is 3.66. The minimum Gasteiger partial charge on any atom is -0.418 e. The standard InChI is InChI=1S/C10H6N4O/c1-3-11-4-2-7(1)9-14-8-5-12-6-13-10(8)15-9/h1-6H. The van der Waals surface area contributed by atoms with Crippen molar-refractivity contribution < 1.29 is 4.42 Å². The summed E-state index contributed by atoms with van der Waals surface area (Å²) in [6.45, 7) is 0. The second-order valence-corrected chi connectivity index (χ2v) is 2.97. The van der Waals surface area contributed by atoms with Crippen molar-refractivity contribution in [1.29, 1.82) is 0 Å². The average Bonchev–Trinajstić information content (AvgIpc) is 2.74. The van der Waals surface area contributed by atoms with Gasteiger partial charge < -0.3 is 4.42 Å². The van der Waals surface area contributed by atoms with Gasteiger partial charge in [-0.25, -0.2) is 9.97 Å². The van der Waals surface area contributed by atoms with E-state index in [0.29, 0.717) is 17.1 Å². The summed E-state index contributed by atoms with van der Waals surface area (Å²) in [5.74, 6) is 0.535. The van der Waals surface area contributed by atoms with Gasteiger partial charge in [0.05, 0.1) is 6.20 Å². The average molecular weight is 198 g/mol. The summed E-state index contributed by atoms with van der Waals surface area (Å²) in [5, 5.41) is 0. The van der Waals surface area contributed by atoms with Crippen molar-refractivity contribution in [3.63, 3.8) is 0 Å². The van der Waals surface area contributed by atoms with E-state index < -0.39 is 0 Å². The molecule has 0 atom stereocenters. The molecular weight excluding hydrogens is 192 g/mol. The maximum atomic E-state index is 5.46. The predicted molar refractivity (Wildman–Crippen MR) is 52.8 cm³/mol. The van der Waals surface area contributed by atoms with Gasteiger partial charge in [0.1, 0.15) is 11.8 Å². The van der Waals surface area contributed by atoms with Crippen LogP contribution < -0.4 is 0 Å². The highest BCUT2D eigenvalue weighted by Crippen LogP contribution is 2.21. The van der Waals surface area contributed by atoms with Crippen molar-refractivity contribution in [2.45, 2.75) is 0 Å². The third-order valence-electron chi connectivity index (χ3n) is 2.00. The van der Waals surface area contributed by atoms with Gasteiger partial charge in [0, 0.05) is 18.0 Å². The van der Waals surface area contributed by atoms with Gasteiger partial charge in [-0.2, -0.15) is 4.98 Å². The Morgan fingerprint density at radius 3 is 2.73 bits per heavy atom. The fraction of sp³-hybridized carbons (Fsp3) is 0. The molecule has 5 nitrogen and oxygen atoms in total. The second kappa shape index (κ2) is 3.13. The topological polar surface area (TPSA) is 64.7 Å². The lowest BCUT2D eigenvalue weighted by Gasteiger charge is -1.90. The third-order valence-corrected chi connectivity index (χ3v) is 2.00. The van der Waals surface area contributed by atoms with E-state index in [1.807, 2.05) is 12.1 Å². The molecule has 3 rings (SSSR count). The highest BCUT2D eigenvalue weighted by Gasteiger charge is 2.07. The van der Waals surface area contributed by atoms with E-state index >= 15 is 0 Å². The van der Waals surface area contributed by atoms with Gasteiger partial charge in [-0.15, -0.1) is 0 Å². The summed E-state index contributed by atoms with van der Waals surface area (Å²) in [6.07, 6.45) is 6.44. The normalized spacial score (nSPS) is 10.7. The van der Waals surface area contributed by atoms with Crippen LogP contribution in [0.2, 0.25) is 0 Å². The predicted octanol–water partition coefficient (Wildman–Crippen LogP) is 1.68. The Morgan fingerprint density at radius 2 is 1.93 bits per heavy atom. The van der Waals surface area contributed by atoms with Crippen LogP contribution in [0.3, 0.4) is 0 Å². The maximum absolute atomic E-state index is 5.46. The molecule has 3 aromatic rings. The Hall–Kier alpha value is -2.30. The Kier molecular flexibility index (Phi) is 1.68. The number of hydrogen-bond donors (Lipinski definition) is 0. The molecule has 0 amide bonds. The number of pyridine rings is 1. The van der Waals surface area contributed by atoms with Crippen LogP contribution in [0, 0.1) is 0 Å². The molecular formula is C10H6N4O. The van der Waals surface area contributed by atoms with Crippen LogP contribution in [-0.2, 0) is 0 Å². The molecule has 0 fully saturated rings. The van der Waals surface area contributed by atoms with Gasteiger partial charge in [0.2, 0.25) is 11.6 Å². The minimum absolute atomic E-state index is 0.497. The van der Waals surface area contributed by atoms with Crippen molar-refractivity contribution in [3.8, 4) is 11.5 Å². The molecule has 3 heterocycles. The van der Waals surface area contributed by atoms with E-state index in [1.54, 1.807) is 18.6 Å². The molecule has 0 bridgehead atoms. The SMILES string of the molecule is c1cc(-c2nc3cncnc3o2)ccn1. The molecule has 0 unspecified atom stereocenters. The van der Waals surface area contributed by atoms with Crippen LogP contribution in [0.4, 0.5) is 0 Å². The molecule has 0 aliphatic carbocycles. The van der Waals surface area contributed by atoms with Gasteiger partial charge in [0.15, 0.2) is 0 Å². The Bertz CT molecular complexity index is 557. The molecule has 0 aliphatic heterocycles. The van der Waals surface area contributed by atoms with Gasteiger partial charge in [-0.1, -0.05) is 0 Å². The highest BCUT2D eigenvalue weighted by atomic mass is 16.4. The fourth-order valence-electron chi connectivity index (χ4n) is 1.31. The molecule has 0 saturated carbocycles. The summed E-state index contributed by atoms with van der Waals surface area (Å²) in [7, 11) is 0. The molecule has 0 saturated heterocycles. The number of hydrogen-bond acceptors (Lipinski definition) is 5. The van der Waals surface area contributed by atoms with E-state index in [1.165, 1.54) is 6.33 Å². The Balaban J connectivity index is 2.21. The summed E-state index contributed by atoms with van der Waals surface area (Å²) < 4.78 is 5.46. The van der Waals surface area contributed by atoms with E-state index in [2.05, 4.69) is 19.9 Å². The first-order valence-electron chi connectivity index (χ1n) is 4.40. The number of nitrogens with zero attached hydrogens (tertiary/aromatic N) is 4. The van der Waals surface area contributed by atoms with Crippen molar-refractivity contribution in [1.82, 2.24) is 19.9 Å². The van der Waals surface area contributed by atoms with E-state index in [0.717, 1.165) is 5.56 Å². The molecule has 5 heteroatoms. The van der Waals surface area contributed by atoms with Crippen LogP contribution in [0.15, 0.2) is 41.5 Å². The van der Waals surface area contributed by atoms with Crippen LogP contribution in [0.25, 0.3) is 22.7 Å². The molecule has 0 aromatic carbocycles. The number of fused-ring (bicyclic) bond motifs is 1. The Morgan fingerprint density at radius 1 is 1.07 bits per heavy atom. The summed E-state index contributed by atoms with van der Waals surface area (Å²) in [5.41, 5.74) is 2.03. The highest BCUT2D eigenvalue weighted by molar-refractivity contribution is 5.70. The molecule has 0 spiro atoms. The second-order valence-electron chi connectivity index (χ2n) is 2.97. The van der Waals surface area contributed by atoms with Gasteiger partial charge in [-0.05, 0) is 12.1 Å². The first-order chi connectivity index (χ1) is 7.43. The zero-order chi connectivity index (χ0) is 10.1. The number of oxazole rings is 1. The lowest BCUT2D eigenvalue weighted by Crippen LogP contribution is -1.77.